The lowest BCUT2D eigenvalue weighted by molar-refractivity contribution is 0.317. The van der Waals surface area contributed by atoms with Crippen LogP contribution >= 0.6 is 11.6 Å². The van der Waals surface area contributed by atoms with Crippen molar-refractivity contribution in [1.82, 2.24) is 5.32 Å². The van der Waals surface area contributed by atoms with E-state index in [4.69, 9.17) is 16.3 Å². The molecule has 1 aromatic rings. The number of ether oxygens (including phenoxy) is 1. The quantitative estimate of drug-likeness (QED) is 0.747. The summed E-state index contributed by atoms with van der Waals surface area (Å²) in [5, 5.41) is 4.02. The van der Waals surface area contributed by atoms with E-state index in [1.165, 1.54) is 0 Å². The zero-order chi connectivity index (χ0) is 12.7. The molecule has 0 aliphatic rings. The Bertz CT molecular complexity index is 376. The van der Waals surface area contributed by atoms with Crippen molar-refractivity contribution in [1.29, 1.82) is 0 Å². The molecule has 17 heavy (non-hydrogen) atoms. The van der Waals surface area contributed by atoms with Gasteiger partial charge in [-0.3, -0.25) is 0 Å². The zero-order valence-electron chi connectivity index (χ0n) is 10.6. The van der Waals surface area contributed by atoms with Gasteiger partial charge in [0, 0.05) is 23.6 Å². The van der Waals surface area contributed by atoms with Crippen LogP contribution in [0.15, 0.2) is 30.4 Å². The second kappa shape index (κ2) is 7.36. The summed E-state index contributed by atoms with van der Waals surface area (Å²) in [6.45, 7) is 10.3. The molecule has 2 nitrogen and oxygen atoms in total. The van der Waals surface area contributed by atoms with Gasteiger partial charge in [-0.05, 0) is 31.7 Å². The van der Waals surface area contributed by atoms with Crippen LogP contribution in [0.25, 0.3) is 0 Å². The fourth-order valence-corrected chi connectivity index (χ4v) is 1.62. The lowest BCUT2D eigenvalue weighted by Gasteiger charge is -2.12. The molecule has 1 N–H and O–H groups in total. The summed E-state index contributed by atoms with van der Waals surface area (Å²) in [6.07, 6.45) is 0.878. The van der Waals surface area contributed by atoms with E-state index in [2.05, 4.69) is 18.8 Å². The molecule has 1 aromatic carbocycles. The minimum atomic E-state index is 0.663. The minimum Gasteiger partial charge on any atom is -0.493 e. The van der Waals surface area contributed by atoms with Gasteiger partial charge in [0.15, 0.2) is 0 Å². The Morgan fingerprint density at radius 3 is 2.88 bits per heavy atom. The van der Waals surface area contributed by atoms with Crippen molar-refractivity contribution >= 4 is 11.6 Å². The molecule has 0 aliphatic carbocycles. The summed E-state index contributed by atoms with van der Waals surface area (Å²) < 4.78 is 5.74. The molecule has 0 bridgehead atoms. The van der Waals surface area contributed by atoms with E-state index in [9.17, 15) is 0 Å². The lowest BCUT2D eigenvalue weighted by atomic mass is 10.2. The monoisotopic (exact) mass is 253 g/mol. The van der Waals surface area contributed by atoms with Crippen LogP contribution in [0.5, 0.6) is 5.75 Å². The summed E-state index contributed by atoms with van der Waals surface area (Å²) in [6, 6.07) is 5.72. The molecule has 94 valence electrons. The van der Waals surface area contributed by atoms with Crippen LogP contribution in [0.4, 0.5) is 0 Å². The van der Waals surface area contributed by atoms with Crippen molar-refractivity contribution < 1.29 is 4.74 Å². The summed E-state index contributed by atoms with van der Waals surface area (Å²) in [5.74, 6) is 0.900. The second-order valence-corrected chi connectivity index (χ2v) is 4.52. The van der Waals surface area contributed by atoms with Gasteiger partial charge in [-0.25, -0.2) is 0 Å². The number of benzene rings is 1. The molecule has 0 amide bonds. The van der Waals surface area contributed by atoms with Gasteiger partial charge < -0.3 is 10.1 Å². The smallest absolute Gasteiger partial charge is 0.123 e. The fourth-order valence-electron chi connectivity index (χ4n) is 1.42. The molecule has 0 heterocycles. The highest BCUT2D eigenvalue weighted by Gasteiger charge is 2.04. The number of rotatable bonds is 7. The summed E-state index contributed by atoms with van der Waals surface area (Å²) in [7, 11) is 0. The predicted octanol–water partition coefficient (Wildman–Crippen LogP) is 3.79. The second-order valence-electron chi connectivity index (χ2n) is 4.09. The molecular formula is C14H20ClNO. The Hall–Kier alpha value is -0.990. The van der Waals surface area contributed by atoms with Crippen molar-refractivity contribution in [2.45, 2.75) is 26.8 Å². The van der Waals surface area contributed by atoms with E-state index in [-0.39, 0.29) is 0 Å². The average molecular weight is 254 g/mol. The van der Waals surface area contributed by atoms with Gasteiger partial charge in [0.05, 0.1) is 6.61 Å². The van der Waals surface area contributed by atoms with E-state index >= 15 is 0 Å². The summed E-state index contributed by atoms with van der Waals surface area (Å²) in [4.78, 5) is 0. The van der Waals surface area contributed by atoms with Gasteiger partial charge in [-0.15, -0.1) is 6.58 Å². The highest BCUT2D eigenvalue weighted by molar-refractivity contribution is 6.30. The Labute approximate surface area is 109 Å². The Morgan fingerprint density at radius 2 is 2.24 bits per heavy atom. The predicted molar refractivity (Wildman–Crippen MR) is 73.8 cm³/mol. The summed E-state index contributed by atoms with van der Waals surface area (Å²) >= 11 is 5.98. The minimum absolute atomic E-state index is 0.663. The van der Waals surface area contributed by atoms with Crippen molar-refractivity contribution in [2.24, 2.45) is 0 Å². The van der Waals surface area contributed by atoms with Gasteiger partial charge in [-0.2, -0.15) is 0 Å². The van der Waals surface area contributed by atoms with E-state index < -0.39 is 0 Å². The van der Waals surface area contributed by atoms with E-state index in [0.29, 0.717) is 6.61 Å². The molecule has 0 aliphatic heterocycles. The maximum atomic E-state index is 5.98. The first kappa shape index (κ1) is 14.1. The van der Waals surface area contributed by atoms with Crippen LogP contribution in [-0.2, 0) is 6.54 Å². The molecule has 0 aromatic heterocycles. The van der Waals surface area contributed by atoms with Crippen LogP contribution in [-0.4, -0.2) is 13.2 Å². The highest BCUT2D eigenvalue weighted by Crippen LogP contribution is 2.23. The first-order valence-corrected chi connectivity index (χ1v) is 6.27. The molecule has 0 atom stereocenters. The average Bonchev–Trinajstić information content (AvgIpc) is 2.28. The molecule has 0 radical (unpaired) electrons. The molecule has 1 rings (SSSR count). The first-order chi connectivity index (χ1) is 8.13. The van der Waals surface area contributed by atoms with Crippen LogP contribution < -0.4 is 10.1 Å². The number of hydrogen-bond acceptors (Lipinski definition) is 2. The molecule has 3 heteroatoms. The maximum Gasteiger partial charge on any atom is 0.123 e. The van der Waals surface area contributed by atoms with Crippen LogP contribution in [0, 0.1) is 0 Å². The third-order valence-electron chi connectivity index (χ3n) is 2.37. The Balaban J connectivity index is 2.64. The molecule has 0 fully saturated rings. The standard InChI is InChI=1S/C14H20ClNO/c1-4-16-10-12-9-13(15)5-6-14(12)17-8-7-11(2)3/h5-6,9,16H,2,4,7-8,10H2,1,3H3. The third-order valence-corrected chi connectivity index (χ3v) is 2.61. The van der Waals surface area contributed by atoms with Crippen molar-refractivity contribution in [3.05, 3.63) is 40.9 Å². The zero-order valence-corrected chi connectivity index (χ0v) is 11.3. The van der Waals surface area contributed by atoms with Gasteiger partial charge in [0.2, 0.25) is 0 Å². The van der Waals surface area contributed by atoms with Crippen LogP contribution in [0.3, 0.4) is 0 Å². The molecule has 0 saturated heterocycles. The van der Waals surface area contributed by atoms with Crippen molar-refractivity contribution in [2.75, 3.05) is 13.2 Å². The number of halogens is 1. The van der Waals surface area contributed by atoms with Gasteiger partial charge in [0.1, 0.15) is 5.75 Å². The van der Waals surface area contributed by atoms with E-state index in [1.54, 1.807) is 0 Å². The number of nitrogens with one attached hydrogen (secondary N) is 1. The van der Waals surface area contributed by atoms with E-state index in [0.717, 1.165) is 41.4 Å². The number of hydrogen-bond donors (Lipinski definition) is 1. The van der Waals surface area contributed by atoms with E-state index in [1.807, 2.05) is 25.1 Å². The maximum absolute atomic E-state index is 5.98. The van der Waals surface area contributed by atoms with Crippen molar-refractivity contribution in [3.8, 4) is 5.75 Å². The first-order valence-electron chi connectivity index (χ1n) is 5.89. The van der Waals surface area contributed by atoms with Crippen molar-refractivity contribution in [3.63, 3.8) is 0 Å². The Kier molecular flexibility index (Phi) is 6.09. The third kappa shape index (κ3) is 5.24. The highest BCUT2D eigenvalue weighted by atomic mass is 35.5. The van der Waals surface area contributed by atoms with Gasteiger partial charge >= 0.3 is 0 Å². The molecular weight excluding hydrogens is 234 g/mol. The normalized spacial score (nSPS) is 10.3. The summed E-state index contributed by atoms with van der Waals surface area (Å²) in [5.41, 5.74) is 2.23. The SMILES string of the molecule is C=C(C)CCOc1ccc(Cl)cc1CNCC. The molecule has 0 saturated carbocycles. The topological polar surface area (TPSA) is 21.3 Å². The van der Waals surface area contributed by atoms with Gasteiger partial charge in [0.25, 0.3) is 0 Å². The van der Waals surface area contributed by atoms with Crippen LogP contribution in [0.2, 0.25) is 5.02 Å². The van der Waals surface area contributed by atoms with Crippen LogP contribution in [0.1, 0.15) is 25.8 Å². The largest absolute Gasteiger partial charge is 0.493 e. The fraction of sp³-hybridized carbons (Fsp3) is 0.429. The lowest BCUT2D eigenvalue weighted by Crippen LogP contribution is -2.13. The molecule has 0 unspecified atom stereocenters. The Morgan fingerprint density at radius 1 is 1.47 bits per heavy atom. The molecule has 0 spiro atoms. The van der Waals surface area contributed by atoms with Gasteiger partial charge in [-0.1, -0.05) is 24.1 Å².